The normalized spacial score (nSPS) is 12.1. The van der Waals surface area contributed by atoms with Crippen molar-refractivity contribution in [3.05, 3.63) is 77.1 Å². The van der Waals surface area contributed by atoms with E-state index < -0.39 is 5.82 Å². The molecule has 0 aliphatic carbocycles. The molecular weight excluding hydrogens is 339 g/mol. The number of halogens is 2. The van der Waals surface area contributed by atoms with E-state index in [9.17, 15) is 9.18 Å². The van der Waals surface area contributed by atoms with Crippen molar-refractivity contribution in [3.8, 4) is 0 Å². The second kappa shape index (κ2) is 7.64. The van der Waals surface area contributed by atoms with Crippen molar-refractivity contribution in [2.45, 2.75) is 6.54 Å². The van der Waals surface area contributed by atoms with Crippen LogP contribution in [0.4, 0.5) is 10.1 Å². The zero-order chi connectivity index (χ0) is 17.8. The number of quaternary nitrogens is 1. The number of benzene rings is 3. The highest BCUT2D eigenvalue weighted by atomic mass is 35.5. The van der Waals surface area contributed by atoms with E-state index in [1.165, 1.54) is 34.5 Å². The number of anilines is 1. The van der Waals surface area contributed by atoms with Crippen molar-refractivity contribution >= 4 is 34.0 Å². The number of rotatable bonds is 5. The third-order valence-corrected chi connectivity index (χ3v) is 4.30. The second-order valence-corrected chi connectivity index (χ2v) is 6.57. The van der Waals surface area contributed by atoms with Crippen LogP contribution in [0.5, 0.6) is 0 Å². The molecule has 0 bridgehead atoms. The van der Waals surface area contributed by atoms with Crippen LogP contribution in [0.3, 0.4) is 0 Å². The third-order valence-electron chi connectivity index (χ3n) is 3.99. The molecule has 3 rings (SSSR count). The first kappa shape index (κ1) is 17.4. The largest absolute Gasteiger partial charge is 0.326 e. The molecule has 0 aromatic heterocycles. The first-order valence-electron chi connectivity index (χ1n) is 8.05. The van der Waals surface area contributed by atoms with Crippen LogP contribution < -0.4 is 10.2 Å². The molecule has 3 aromatic rings. The van der Waals surface area contributed by atoms with Gasteiger partial charge in [-0.25, -0.2) is 4.39 Å². The van der Waals surface area contributed by atoms with E-state index in [2.05, 4.69) is 35.6 Å². The van der Waals surface area contributed by atoms with Gasteiger partial charge in [0.2, 0.25) is 0 Å². The van der Waals surface area contributed by atoms with Crippen LogP contribution in [0.15, 0.2) is 60.7 Å². The van der Waals surface area contributed by atoms with Gasteiger partial charge in [0.15, 0.2) is 6.54 Å². The first-order chi connectivity index (χ1) is 12.0. The third kappa shape index (κ3) is 4.56. The second-order valence-electron chi connectivity index (χ2n) is 6.16. The van der Waals surface area contributed by atoms with E-state index in [1.54, 1.807) is 0 Å². The standard InChI is InChI=1S/C20H18ClFN2O/c1-24(12-14-6-7-15-4-2-3-5-16(15)10-14)13-20(25)23-19-9-8-17(22)11-18(19)21/h2-11H,12-13H2,1H3,(H,23,25)/p+1. The zero-order valence-corrected chi connectivity index (χ0v) is 14.6. The van der Waals surface area contributed by atoms with Crippen LogP contribution in [-0.2, 0) is 11.3 Å². The molecule has 0 spiro atoms. The number of amides is 1. The van der Waals surface area contributed by atoms with Gasteiger partial charge in [-0.2, -0.15) is 0 Å². The highest BCUT2D eigenvalue weighted by Crippen LogP contribution is 2.22. The predicted molar refractivity (Wildman–Crippen MR) is 99.4 cm³/mol. The summed E-state index contributed by atoms with van der Waals surface area (Å²) < 4.78 is 13.0. The van der Waals surface area contributed by atoms with Gasteiger partial charge < -0.3 is 10.2 Å². The summed E-state index contributed by atoms with van der Waals surface area (Å²) in [4.78, 5) is 13.2. The summed E-state index contributed by atoms with van der Waals surface area (Å²) in [7, 11) is 1.96. The summed E-state index contributed by atoms with van der Waals surface area (Å²) >= 11 is 5.93. The number of carbonyl (C=O) groups excluding carboxylic acids is 1. The molecule has 25 heavy (non-hydrogen) atoms. The first-order valence-corrected chi connectivity index (χ1v) is 8.43. The van der Waals surface area contributed by atoms with Gasteiger partial charge in [-0.05, 0) is 35.0 Å². The average molecular weight is 358 g/mol. The minimum absolute atomic E-state index is 0.160. The molecule has 3 aromatic carbocycles. The van der Waals surface area contributed by atoms with Crippen LogP contribution in [-0.4, -0.2) is 19.5 Å². The summed E-state index contributed by atoms with van der Waals surface area (Å²) in [5, 5.41) is 5.31. The Morgan fingerprint density at radius 3 is 2.60 bits per heavy atom. The van der Waals surface area contributed by atoms with Crippen molar-refractivity contribution in [2.24, 2.45) is 0 Å². The van der Waals surface area contributed by atoms with E-state index in [0.29, 0.717) is 12.2 Å². The minimum Gasteiger partial charge on any atom is -0.326 e. The molecule has 128 valence electrons. The molecule has 0 saturated carbocycles. The highest BCUT2D eigenvalue weighted by Gasteiger charge is 2.13. The molecule has 0 fully saturated rings. The van der Waals surface area contributed by atoms with Crippen molar-refractivity contribution in [1.82, 2.24) is 0 Å². The van der Waals surface area contributed by atoms with Gasteiger partial charge in [-0.3, -0.25) is 4.79 Å². The Kier molecular flexibility index (Phi) is 5.31. The molecule has 1 unspecified atom stereocenters. The predicted octanol–water partition coefficient (Wildman–Crippen LogP) is 3.29. The highest BCUT2D eigenvalue weighted by molar-refractivity contribution is 6.33. The fourth-order valence-electron chi connectivity index (χ4n) is 2.82. The maximum absolute atomic E-state index is 13.0. The molecule has 3 nitrogen and oxygen atoms in total. The number of nitrogens with one attached hydrogen (secondary N) is 2. The van der Waals surface area contributed by atoms with Crippen molar-refractivity contribution in [1.29, 1.82) is 0 Å². The van der Waals surface area contributed by atoms with Crippen LogP contribution in [0.2, 0.25) is 5.02 Å². The topological polar surface area (TPSA) is 33.5 Å². The van der Waals surface area contributed by atoms with E-state index in [1.807, 2.05) is 19.2 Å². The fourth-order valence-corrected chi connectivity index (χ4v) is 3.03. The Morgan fingerprint density at radius 1 is 1.08 bits per heavy atom. The minimum atomic E-state index is -0.429. The Hall–Kier alpha value is -2.43. The summed E-state index contributed by atoms with van der Waals surface area (Å²) in [6.45, 7) is 1.02. The summed E-state index contributed by atoms with van der Waals surface area (Å²) in [5.74, 6) is -0.589. The van der Waals surface area contributed by atoms with E-state index >= 15 is 0 Å². The molecule has 0 radical (unpaired) electrons. The lowest BCUT2D eigenvalue weighted by molar-refractivity contribution is -0.885. The average Bonchev–Trinajstić information content (AvgIpc) is 2.57. The van der Waals surface area contributed by atoms with Gasteiger partial charge in [-0.1, -0.05) is 48.0 Å². The number of fused-ring (bicyclic) bond motifs is 1. The fraction of sp³-hybridized carbons (Fsp3) is 0.150. The van der Waals surface area contributed by atoms with Gasteiger partial charge in [-0.15, -0.1) is 0 Å². The quantitative estimate of drug-likeness (QED) is 0.722. The van der Waals surface area contributed by atoms with Gasteiger partial charge in [0, 0.05) is 5.56 Å². The Balaban J connectivity index is 1.60. The number of carbonyl (C=O) groups is 1. The molecule has 0 saturated heterocycles. The number of hydrogen-bond donors (Lipinski definition) is 2. The lowest BCUT2D eigenvalue weighted by atomic mass is 10.1. The number of hydrogen-bond acceptors (Lipinski definition) is 1. The summed E-state index contributed by atoms with van der Waals surface area (Å²) in [6.07, 6.45) is 0. The molecular formula is C20H19ClFN2O+. The molecule has 0 heterocycles. The van der Waals surface area contributed by atoms with Crippen LogP contribution >= 0.6 is 11.6 Å². The van der Waals surface area contributed by atoms with E-state index in [0.717, 1.165) is 11.4 Å². The zero-order valence-electron chi connectivity index (χ0n) is 13.9. The SMILES string of the molecule is C[NH+](CC(=O)Nc1ccc(F)cc1Cl)Cc1ccc2ccccc2c1. The van der Waals surface area contributed by atoms with Gasteiger partial charge in [0.1, 0.15) is 12.4 Å². The maximum atomic E-state index is 13.0. The van der Waals surface area contributed by atoms with E-state index in [-0.39, 0.29) is 10.9 Å². The molecule has 1 atom stereocenters. The van der Waals surface area contributed by atoms with Crippen LogP contribution in [0, 0.1) is 5.82 Å². The molecule has 1 amide bonds. The summed E-state index contributed by atoms with van der Waals surface area (Å²) in [5.41, 5.74) is 1.59. The number of likely N-dealkylation sites (N-methyl/N-ethyl adjacent to an activating group) is 1. The van der Waals surface area contributed by atoms with Gasteiger partial charge in [0.25, 0.3) is 5.91 Å². The summed E-state index contributed by atoms with van der Waals surface area (Å²) in [6, 6.07) is 18.4. The molecule has 0 aliphatic rings. The lowest BCUT2D eigenvalue weighted by Crippen LogP contribution is -3.08. The Morgan fingerprint density at radius 2 is 1.84 bits per heavy atom. The van der Waals surface area contributed by atoms with Gasteiger partial charge >= 0.3 is 0 Å². The van der Waals surface area contributed by atoms with Crippen molar-refractivity contribution in [2.75, 3.05) is 18.9 Å². The van der Waals surface area contributed by atoms with E-state index in [4.69, 9.17) is 11.6 Å². The monoisotopic (exact) mass is 357 g/mol. The smallest absolute Gasteiger partial charge is 0.279 e. The molecule has 0 aliphatic heterocycles. The molecule has 2 N–H and O–H groups in total. The van der Waals surface area contributed by atoms with Crippen molar-refractivity contribution in [3.63, 3.8) is 0 Å². The van der Waals surface area contributed by atoms with Gasteiger partial charge in [0.05, 0.1) is 17.8 Å². The Labute approximate surface area is 151 Å². The van der Waals surface area contributed by atoms with Crippen molar-refractivity contribution < 1.29 is 14.1 Å². The maximum Gasteiger partial charge on any atom is 0.279 e. The van der Waals surface area contributed by atoms with Crippen LogP contribution in [0.25, 0.3) is 10.8 Å². The lowest BCUT2D eigenvalue weighted by Gasteiger charge is -2.15. The van der Waals surface area contributed by atoms with Crippen LogP contribution in [0.1, 0.15) is 5.56 Å². The molecule has 5 heteroatoms. The Bertz CT molecular complexity index is 913.